The lowest BCUT2D eigenvalue weighted by Crippen LogP contribution is -2.32. The Hall–Kier alpha value is -2.20. The SMILES string of the molecule is Nc1ccc(NC(=O)C2COc3ccccc3C2)cc1Cl. The molecule has 0 aliphatic carbocycles. The third-order valence-electron chi connectivity index (χ3n) is 3.52. The van der Waals surface area contributed by atoms with Crippen molar-refractivity contribution in [3.63, 3.8) is 0 Å². The van der Waals surface area contributed by atoms with E-state index in [1.165, 1.54) is 0 Å². The number of halogens is 1. The molecule has 5 heteroatoms. The van der Waals surface area contributed by atoms with Crippen molar-refractivity contribution in [2.45, 2.75) is 6.42 Å². The number of para-hydroxylation sites is 1. The first-order valence-corrected chi connectivity index (χ1v) is 7.08. The van der Waals surface area contributed by atoms with Crippen molar-refractivity contribution in [1.29, 1.82) is 0 Å². The van der Waals surface area contributed by atoms with Gasteiger partial charge in [-0.05, 0) is 36.2 Å². The van der Waals surface area contributed by atoms with Crippen LogP contribution in [-0.2, 0) is 11.2 Å². The standard InChI is InChI=1S/C16H15ClN2O2/c17-13-8-12(5-6-14(13)18)19-16(20)11-7-10-3-1-2-4-15(10)21-9-11/h1-6,8,11H,7,9,18H2,(H,19,20). The highest BCUT2D eigenvalue weighted by Crippen LogP contribution is 2.28. The summed E-state index contributed by atoms with van der Waals surface area (Å²) in [4.78, 5) is 12.3. The number of anilines is 2. The largest absolute Gasteiger partial charge is 0.492 e. The molecule has 1 amide bonds. The summed E-state index contributed by atoms with van der Waals surface area (Å²) < 4.78 is 5.63. The Balaban J connectivity index is 1.70. The number of hydrogen-bond acceptors (Lipinski definition) is 3. The predicted octanol–water partition coefficient (Wildman–Crippen LogP) is 3.11. The van der Waals surface area contributed by atoms with E-state index in [0.717, 1.165) is 11.3 Å². The number of hydrogen-bond donors (Lipinski definition) is 2. The van der Waals surface area contributed by atoms with Crippen molar-refractivity contribution in [3.05, 3.63) is 53.1 Å². The molecule has 108 valence electrons. The molecular weight excluding hydrogens is 288 g/mol. The van der Waals surface area contributed by atoms with Crippen LogP contribution in [0.5, 0.6) is 5.75 Å². The summed E-state index contributed by atoms with van der Waals surface area (Å²) >= 11 is 5.95. The Bertz CT molecular complexity index is 688. The van der Waals surface area contributed by atoms with Gasteiger partial charge in [0, 0.05) is 5.69 Å². The van der Waals surface area contributed by atoms with Gasteiger partial charge in [-0.15, -0.1) is 0 Å². The van der Waals surface area contributed by atoms with E-state index in [1.807, 2.05) is 24.3 Å². The fourth-order valence-electron chi connectivity index (χ4n) is 2.35. The van der Waals surface area contributed by atoms with Crippen LogP contribution in [0.15, 0.2) is 42.5 Å². The Labute approximate surface area is 127 Å². The van der Waals surface area contributed by atoms with E-state index in [0.29, 0.717) is 29.4 Å². The van der Waals surface area contributed by atoms with Crippen molar-refractivity contribution < 1.29 is 9.53 Å². The molecule has 1 unspecified atom stereocenters. The number of carbonyl (C=O) groups excluding carboxylic acids is 1. The molecule has 0 spiro atoms. The first-order valence-electron chi connectivity index (χ1n) is 6.70. The Morgan fingerprint density at radius 3 is 2.90 bits per heavy atom. The van der Waals surface area contributed by atoms with Gasteiger partial charge in [0.15, 0.2) is 0 Å². The van der Waals surface area contributed by atoms with Gasteiger partial charge in [0.1, 0.15) is 12.4 Å². The average molecular weight is 303 g/mol. The van der Waals surface area contributed by atoms with Crippen LogP contribution < -0.4 is 15.8 Å². The molecule has 0 saturated carbocycles. The quantitative estimate of drug-likeness (QED) is 0.838. The summed E-state index contributed by atoms with van der Waals surface area (Å²) in [6, 6.07) is 12.8. The van der Waals surface area contributed by atoms with Gasteiger partial charge in [-0.1, -0.05) is 29.8 Å². The molecule has 1 aliphatic heterocycles. The highest BCUT2D eigenvalue weighted by molar-refractivity contribution is 6.33. The first-order chi connectivity index (χ1) is 10.1. The van der Waals surface area contributed by atoms with Crippen LogP contribution in [0.1, 0.15) is 5.56 Å². The molecular formula is C16H15ClN2O2. The molecule has 0 bridgehead atoms. The number of rotatable bonds is 2. The number of benzene rings is 2. The highest BCUT2D eigenvalue weighted by atomic mass is 35.5. The van der Waals surface area contributed by atoms with Crippen molar-refractivity contribution in [2.24, 2.45) is 5.92 Å². The van der Waals surface area contributed by atoms with E-state index in [1.54, 1.807) is 18.2 Å². The summed E-state index contributed by atoms with van der Waals surface area (Å²) in [5.74, 6) is 0.568. The number of ether oxygens (including phenoxy) is 1. The fraction of sp³-hybridized carbons (Fsp3) is 0.188. The molecule has 3 rings (SSSR count). The average Bonchev–Trinajstić information content (AvgIpc) is 2.50. The van der Waals surface area contributed by atoms with E-state index in [4.69, 9.17) is 22.1 Å². The number of fused-ring (bicyclic) bond motifs is 1. The monoisotopic (exact) mass is 302 g/mol. The minimum atomic E-state index is -0.212. The van der Waals surface area contributed by atoms with Crippen molar-refractivity contribution in [2.75, 3.05) is 17.7 Å². The molecule has 0 saturated heterocycles. The molecule has 2 aromatic carbocycles. The normalized spacial score (nSPS) is 16.7. The number of carbonyl (C=O) groups is 1. The molecule has 0 aromatic heterocycles. The van der Waals surface area contributed by atoms with Gasteiger partial charge in [0.05, 0.1) is 16.6 Å². The van der Waals surface area contributed by atoms with Gasteiger partial charge >= 0.3 is 0 Å². The van der Waals surface area contributed by atoms with Gasteiger partial charge in [-0.25, -0.2) is 0 Å². The zero-order valence-corrected chi connectivity index (χ0v) is 12.1. The number of nitrogens with one attached hydrogen (secondary N) is 1. The second-order valence-corrected chi connectivity index (χ2v) is 5.45. The molecule has 1 heterocycles. The smallest absolute Gasteiger partial charge is 0.231 e. The molecule has 4 nitrogen and oxygen atoms in total. The summed E-state index contributed by atoms with van der Waals surface area (Å²) in [6.45, 7) is 0.381. The molecule has 0 radical (unpaired) electrons. The molecule has 1 aliphatic rings. The maximum atomic E-state index is 12.3. The van der Waals surface area contributed by atoms with Crippen LogP contribution in [0.3, 0.4) is 0 Å². The van der Waals surface area contributed by atoms with E-state index in [-0.39, 0.29) is 11.8 Å². The molecule has 3 N–H and O–H groups in total. The maximum absolute atomic E-state index is 12.3. The zero-order valence-electron chi connectivity index (χ0n) is 11.3. The van der Waals surface area contributed by atoms with Gasteiger partial charge in [0.2, 0.25) is 5.91 Å². The Kier molecular flexibility index (Phi) is 3.71. The van der Waals surface area contributed by atoms with E-state index >= 15 is 0 Å². The predicted molar refractivity (Wildman–Crippen MR) is 83.6 cm³/mol. The van der Waals surface area contributed by atoms with Gasteiger partial charge in [-0.2, -0.15) is 0 Å². The number of nitrogens with two attached hydrogens (primary N) is 1. The highest BCUT2D eigenvalue weighted by Gasteiger charge is 2.25. The third kappa shape index (κ3) is 2.95. The zero-order chi connectivity index (χ0) is 14.8. The van der Waals surface area contributed by atoms with Crippen molar-refractivity contribution >= 4 is 28.9 Å². The summed E-state index contributed by atoms with van der Waals surface area (Å²) in [5.41, 5.74) is 7.83. The third-order valence-corrected chi connectivity index (χ3v) is 3.85. The number of amides is 1. The molecule has 21 heavy (non-hydrogen) atoms. The summed E-state index contributed by atoms with van der Waals surface area (Å²) in [6.07, 6.45) is 0.671. The van der Waals surface area contributed by atoms with E-state index < -0.39 is 0 Å². The summed E-state index contributed by atoms with van der Waals surface area (Å²) in [7, 11) is 0. The second kappa shape index (κ2) is 5.66. The lowest BCUT2D eigenvalue weighted by molar-refractivity contribution is -0.121. The molecule has 0 fully saturated rings. The minimum absolute atomic E-state index is 0.0784. The van der Waals surface area contributed by atoms with Crippen LogP contribution in [-0.4, -0.2) is 12.5 Å². The van der Waals surface area contributed by atoms with Crippen LogP contribution >= 0.6 is 11.6 Å². The Morgan fingerprint density at radius 1 is 1.29 bits per heavy atom. The van der Waals surface area contributed by atoms with Crippen LogP contribution in [0, 0.1) is 5.92 Å². The van der Waals surface area contributed by atoms with Gasteiger partial charge in [-0.3, -0.25) is 4.79 Å². The fourth-order valence-corrected chi connectivity index (χ4v) is 2.53. The lowest BCUT2D eigenvalue weighted by Gasteiger charge is -2.24. The second-order valence-electron chi connectivity index (χ2n) is 5.05. The summed E-state index contributed by atoms with van der Waals surface area (Å²) in [5, 5.41) is 3.28. The maximum Gasteiger partial charge on any atom is 0.231 e. The van der Waals surface area contributed by atoms with Crippen LogP contribution in [0.25, 0.3) is 0 Å². The van der Waals surface area contributed by atoms with Crippen molar-refractivity contribution in [1.82, 2.24) is 0 Å². The van der Waals surface area contributed by atoms with Gasteiger partial charge < -0.3 is 15.8 Å². The van der Waals surface area contributed by atoms with Gasteiger partial charge in [0.25, 0.3) is 0 Å². The van der Waals surface area contributed by atoms with Crippen molar-refractivity contribution in [3.8, 4) is 5.75 Å². The van der Waals surface area contributed by atoms with E-state index in [2.05, 4.69) is 5.32 Å². The topological polar surface area (TPSA) is 64.3 Å². The number of nitrogen functional groups attached to an aromatic ring is 1. The molecule has 1 atom stereocenters. The minimum Gasteiger partial charge on any atom is -0.492 e. The lowest BCUT2D eigenvalue weighted by atomic mass is 9.96. The van der Waals surface area contributed by atoms with Crippen LogP contribution in [0.4, 0.5) is 11.4 Å². The molecule has 2 aromatic rings. The first kappa shape index (κ1) is 13.8. The van der Waals surface area contributed by atoms with E-state index in [9.17, 15) is 4.79 Å². The Morgan fingerprint density at radius 2 is 2.10 bits per heavy atom. The van der Waals surface area contributed by atoms with Crippen LogP contribution in [0.2, 0.25) is 5.02 Å².